The van der Waals surface area contributed by atoms with E-state index in [0.717, 1.165) is 22.8 Å². The number of aromatic nitrogens is 2. The molecule has 2 heterocycles. The second-order valence-corrected chi connectivity index (χ2v) is 6.85. The van der Waals surface area contributed by atoms with Crippen LogP contribution in [0.5, 0.6) is 0 Å². The third-order valence-electron chi connectivity index (χ3n) is 4.76. The van der Waals surface area contributed by atoms with E-state index in [4.69, 9.17) is 9.47 Å². The van der Waals surface area contributed by atoms with Gasteiger partial charge in [0.2, 0.25) is 5.78 Å². The molecule has 0 aliphatic heterocycles. The molecule has 0 atom stereocenters. The SMILES string of the molecule is COC(=O)c1ccc(-n2c(C)cc(C(=O)COC(=O)c3ccc(C)nc3)c2C)cc1. The standard InChI is InChI=1S/C23H22N2O5/c1-14-5-6-18(12-24-14)23(28)30-13-21(26)20-11-15(2)25(16(20)3)19-9-7-17(8-10-19)22(27)29-4/h5-12H,13H2,1-4H3. The van der Waals surface area contributed by atoms with Gasteiger partial charge in [-0.25, -0.2) is 9.59 Å². The molecule has 2 aromatic heterocycles. The Balaban J connectivity index is 1.76. The Bertz CT molecular complexity index is 1100. The zero-order valence-corrected chi connectivity index (χ0v) is 17.3. The summed E-state index contributed by atoms with van der Waals surface area (Å²) in [6, 6.07) is 12.0. The highest BCUT2D eigenvalue weighted by Gasteiger charge is 2.19. The smallest absolute Gasteiger partial charge is 0.340 e. The number of carbonyl (C=O) groups is 3. The summed E-state index contributed by atoms with van der Waals surface area (Å²) in [5.41, 5.74) is 4.36. The number of ether oxygens (including phenoxy) is 2. The summed E-state index contributed by atoms with van der Waals surface area (Å²) in [6.45, 7) is 5.15. The van der Waals surface area contributed by atoms with Gasteiger partial charge in [0.1, 0.15) is 0 Å². The lowest BCUT2D eigenvalue weighted by Gasteiger charge is -2.10. The molecular formula is C23H22N2O5. The van der Waals surface area contributed by atoms with Crippen molar-refractivity contribution in [3.8, 4) is 5.69 Å². The lowest BCUT2D eigenvalue weighted by Crippen LogP contribution is -2.15. The van der Waals surface area contributed by atoms with Crippen LogP contribution in [0.25, 0.3) is 5.69 Å². The number of hydrogen-bond donors (Lipinski definition) is 0. The maximum atomic E-state index is 12.7. The molecule has 7 nitrogen and oxygen atoms in total. The van der Waals surface area contributed by atoms with Crippen LogP contribution in [-0.2, 0) is 9.47 Å². The molecule has 0 unspecified atom stereocenters. The van der Waals surface area contributed by atoms with E-state index in [1.807, 2.05) is 25.3 Å². The first-order chi connectivity index (χ1) is 14.3. The van der Waals surface area contributed by atoms with Crippen molar-refractivity contribution in [1.82, 2.24) is 9.55 Å². The van der Waals surface area contributed by atoms with E-state index in [-0.39, 0.29) is 12.4 Å². The van der Waals surface area contributed by atoms with Crippen LogP contribution in [-0.4, -0.2) is 41.0 Å². The van der Waals surface area contributed by atoms with Crippen molar-refractivity contribution in [2.45, 2.75) is 20.8 Å². The summed E-state index contributed by atoms with van der Waals surface area (Å²) in [7, 11) is 1.33. The zero-order valence-electron chi connectivity index (χ0n) is 17.3. The van der Waals surface area contributed by atoms with Gasteiger partial charge in [0.25, 0.3) is 0 Å². The van der Waals surface area contributed by atoms with Crippen molar-refractivity contribution in [2.75, 3.05) is 13.7 Å². The van der Waals surface area contributed by atoms with Gasteiger partial charge >= 0.3 is 11.9 Å². The van der Waals surface area contributed by atoms with E-state index < -0.39 is 11.9 Å². The van der Waals surface area contributed by atoms with Crippen molar-refractivity contribution in [3.63, 3.8) is 0 Å². The van der Waals surface area contributed by atoms with Gasteiger partial charge in [-0.3, -0.25) is 9.78 Å². The number of benzene rings is 1. The minimum Gasteiger partial charge on any atom is -0.465 e. The van der Waals surface area contributed by atoms with Crippen molar-refractivity contribution >= 4 is 17.7 Å². The van der Waals surface area contributed by atoms with Crippen molar-refractivity contribution in [1.29, 1.82) is 0 Å². The van der Waals surface area contributed by atoms with Gasteiger partial charge in [-0.15, -0.1) is 0 Å². The summed E-state index contributed by atoms with van der Waals surface area (Å²) in [4.78, 5) is 40.5. The number of rotatable bonds is 6. The number of nitrogens with zero attached hydrogens (tertiary/aromatic N) is 2. The summed E-state index contributed by atoms with van der Waals surface area (Å²) < 4.78 is 11.8. The number of carbonyl (C=O) groups excluding carboxylic acids is 3. The highest BCUT2D eigenvalue weighted by molar-refractivity contribution is 6.00. The molecular weight excluding hydrogens is 384 g/mol. The molecule has 154 valence electrons. The van der Waals surface area contributed by atoms with Gasteiger partial charge in [0, 0.05) is 34.5 Å². The van der Waals surface area contributed by atoms with Crippen molar-refractivity contribution in [2.24, 2.45) is 0 Å². The Kier molecular flexibility index (Phi) is 6.11. The maximum Gasteiger partial charge on any atom is 0.340 e. The first-order valence-corrected chi connectivity index (χ1v) is 9.32. The molecule has 0 amide bonds. The van der Waals surface area contributed by atoms with E-state index in [9.17, 15) is 14.4 Å². The number of esters is 2. The number of hydrogen-bond acceptors (Lipinski definition) is 6. The Morgan fingerprint density at radius 1 is 0.933 bits per heavy atom. The highest BCUT2D eigenvalue weighted by atomic mass is 16.5. The second kappa shape index (κ2) is 8.73. The van der Waals surface area contributed by atoms with E-state index in [1.165, 1.54) is 13.3 Å². The van der Waals surface area contributed by atoms with Crippen LogP contribution in [0.15, 0.2) is 48.7 Å². The Hall–Kier alpha value is -3.74. The van der Waals surface area contributed by atoms with Crippen LogP contribution in [0, 0.1) is 20.8 Å². The number of pyridine rings is 1. The molecule has 1 aromatic carbocycles. The van der Waals surface area contributed by atoms with Crippen LogP contribution < -0.4 is 0 Å². The van der Waals surface area contributed by atoms with Gasteiger partial charge in [0.15, 0.2) is 6.61 Å². The molecule has 0 bridgehead atoms. The molecule has 3 aromatic rings. The molecule has 7 heteroatoms. The normalized spacial score (nSPS) is 10.5. The van der Waals surface area contributed by atoms with E-state index >= 15 is 0 Å². The highest BCUT2D eigenvalue weighted by Crippen LogP contribution is 2.22. The lowest BCUT2D eigenvalue weighted by atomic mass is 10.1. The topological polar surface area (TPSA) is 87.5 Å². The fraction of sp³-hybridized carbons (Fsp3) is 0.217. The number of ketones is 1. The first kappa shape index (κ1) is 21.0. The molecule has 0 radical (unpaired) electrons. The molecule has 3 rings (SSSR count). The van der Waals surface area contributed by atoms with Crippen LogP contribution in [0.1, 0.15) is 48.2 Å². The molecule has 0 aliphatic carbocycles. The minimum atomic E-state index is -0.594. The molecule has 0 N–H and O–H groups in total. The zero-order chi connectivity index (χ0) is 21.8. The van der Waals surface area contributed by atoms with E-state index in [0.29, 0.717) is 16.7 Å². The first-order valence-electron chi connectivity index (χ1n) is 9.32. The third kappa shape index (κ3) is 4.30. The quantitative estimate of drug-likeness (QED) is 0.459. The Morgan fingerprint density at radius 3 is 2.20 bits per heavy atom. The summed E-state index contributed by atoms with van der Waals surface area (Å²) in [5.74, 6) is -1.30. The van der Waals surface area contributed by atoms with E-state index in [1.54, 1.807) is 42.5 Å². The number of Topliss-reactive ketones (excluding diaryl/α,β-unsaturated/α-hetero) is 1. The van der Waals surface area contributed by atoms with Crippen molar-refractivity contribution < 1.29 is 23.9 Å². The Labute approximate surface area is 174 Å². The monoisotopic (exact) mass is 406 g/mol. The van der Waals surface area contributed by atoms with E-state index in [2.05, 4.69) is 4.98 Å². The predicted octanol–water partition coefficient (Wildman–Crippen LogP) is 3.62. The van der Waals surface area contributed by atoms with Crippen LogP contribution >= 0.6 is 0 Å². The lowest BCUT2D eigenvalue weighted by molar-refractivity contribution is 0.0474. The molecule has 30 heavy (non-hydrogen) atoms. The summed E-state index contributed by atoms with van der Waals surface area (Å²) in [5, 5.41) is 0. The predicted molar refractivity (Wildman–Crippen MR) is 110 cm³/mol. The van der Waals surface area contributed by atoms with Crippen LogP contribution in [0.4, 0.5) is 0 Å². The maximum absolute atomic E-state index is 12.7. The van der Waals surface area contributed by atoms with Gasteiger partial charge in [0.05, 0.1) is 18.2 Å². The molecule has 0 spiro atoms. The fourth-order valence-corrected chi connectivity index (χ4v) is 3.19. The molecule has 0 saturated heterocycles. The second-order valence-electron chi connectivity index (χ2n) is 6.85. The molecule has 0 saturated carbocycles. The van der Waals surface area contributed by atoms with Gasteiger partial charge < -0.3 is 14.0 Å². The van der Waals surface area contributed by atoms with Gasteiger partial charge in [-0.05, 0) is 63.2 Å². The van der Waals surface area contributed by atoms with Gasteiger partial charge in [-0.1, -0.05) is 0 Å². The fourth-order valence-electron chi connectivity index (χ4n) is 3.19. The number of methoxy groups -OCH3 is 1. The summed E-state index contributed by atoms with van der Waals surface area (Å²) in [6.07, 6.45) is 1.42. The third-order valence-corrected chi connectivity index (χ3v) is 4.76. The van der Waals surface area contributed by atoms with Gasteiger partial charge in [-0.2, -0.15) is 0 Å². The molecule has 0 fully saturated rings. The average molecular weight is 406 g/mol. The average Bonchev–Trinajstić information content (AvgIpc) is 3.05. The Morgan fingerprint density at radius 2 is 1.60 bits per heavy atom. The van der Waals surface area contributed by atoms with Crippen LogP contribution in [0.3, 0.4) is 0 Å². The molecule has 0 aliphatic rings. The number of aryl methyl sites for hydroxylation is 2. The summed E-state index contributed by atoms with van der Waals surface area (Å²) >= 11 is 0. The van der Waals surface area contributed by atoms with Crippen molar-refractivity contribution in [3.05, 3.63) is 82.4 Å². The largest absolute Gasteiger partial charge is 0.465 e. The van der Waals surface area contributed by atoms with Crippen LogP contribution in [0.2, 0.25) is 0 Å². The minimum absolute atomic E-state index is 0.296.